The SMILES string of the molecule is CC(C)(C)OC(=O)N1CC2CC[C@@H]1C(N)C2. The van der Waals surface area contributed by atoms with Crippen LogP contribution in [0.4, 0.5) is 4.79 Å². The zero-order valence-electron chi connectivity index (χ0n) is 10.4. The molecule has 2 N–H and O–H groups in total. The van der Waals surface area contributed by atoms with Crippen LogP contribution in [0.2, 0.25) is 0 Å². The lowest BCUT2D eigenvalue weighted by molar-refractivity contribution is -0.0181. The van der Waals surface area contributed by atoms with Crippen LogP contribution in [0.5, 0.6) is 0 Å². The Balaban J connectivity index is 2.02. The van der Waals surface area contributed by atoms with Crippen LogP contribution >= 0.6 is 0 Å². The third-order valence-corrected chi connectivity index (χ3v) is 3.45. The molecule has 92 valence electrons. The summed E-state index contributed by atoms with van der Waals surface area (Å²) in [5.41, 5.74) is 5.64. The lowest BCUT2D eigenvalue weighted by atomic mass is 9.77. The summed E-state index contributed by atoms with van der Waals surface area (Å²) in [6.07, 6.45) is 3.10. The van der Waals surface area contributed by atoms with Crippen LogP contribution in [0, 0.1) is 5.92 Å². The van der Waals surface area contributed by atoms with E-state index in [1.807, 2.05) is 25.7 Å². The van der Waals surface area contributed by atoms with Crippen molar-refractivity contribution < 1.29 is 9.53 Å². The zero-order valence-corrected chi connectivity index (χ0v) is 10.4. The van der Waals surface area contributed by atoms with Gasteiger partial charge in [-0.3, -0.25) is 0 Å². The van der Waals surface area contributed by atoms with Crippen molar-refractivity contribution in [3.05, 3.63) is 0 Å². The third-order valence-electron chi connectivity index (χ3n) is 3.45. The highest BCUT2D eigenvalue weighted by atomic mass is 16.6. The first-order chi connectivity index (χ1) is 7.37. The summed E-state index contributed by atoms with van der Waals surface area (Å²) in [6.45, 7) is 6.51. The van der Waals surface area contributed by atoms with Crippen LogP contribution in [0.25, 0.3) is 0 Å². The molecule has 0 aromatic carbocycles. The van der Waals surface area contributed by atoms with Crippen LogP contribution in [0.15, 0.2) is 0 Å². The van der Waals surface area contributed by atoms with E-state index in [1.54, 1.807) is 0 Å². The highest BCUT2D eigenvalue weighted by Crippen LogP contribution is 2.34. The van der Waals surface area contributed by atoms with E-state index in [9.17, 15) is 4.79 Å². The summed E-state index contributed by atoms with van der Waals surface area (Å²) < 4.78 is 5.41. The standard InChI is InChI=1S/C12H22N2O2/c1-12(2,3)16-11(15)14-7-8-4-5-10(14)9(13)6-8/h8-10H,4-7,13H2,1-3H3/t8?,9?,10-/m1/s1. The van der Waals surface area contributed by atoms with Crippen molar-refractivity contribution in [1.29, 1.82) is 0 Å². The summed E-state index contributed by atoms with van der Waals surface area (Å²) >= 11 is 0. The molecule has 2 aliphatic heterocycles. The van der Waals surface area contributed by atoms with Gasteiger partial charge in [0.1, 0.15) is 5.60 Å². The monoisotopic (exact) mass is 226 g/mol. The van der Waals surface area contributed by atoms with Gasteiger partial charge in [-0.25, -0.2) is 4.79 Å². The molecule has 0 aromatic rings. The predicted octanol–water partition coefficient (Wildman–Crippen LogP) is 1.73. The minimum Gasteiger partial charge on any atom is -0.444 e. The number of nitrogens with zero attached hydrogens (tertiary/aromatic N) is 1. The van der Waals surface area contributed by atoms with E-state index in [0.29, 0.717) is 5.92 Å². The van der Waals surface area contributed by atoms with Crippen molar-refractivity contribution >= 4 is 6.09 Å². The largest absolute Gasteiger partial charge is 0.444 e. The van der Waals surface area contributed by atoms with Gasteiger partial charge in [0.2, 0.25) is 0 Å². The average molecular weight is 226 g/mol. The van der Waals surface area contributed by atoms with E-state index < -0.39 is 5.60 Å². The summed E-state index contributed by atoms with van der Waals surface area (Å²) in [5.74, 6) is 0.576. The molecule has 4 heteroatoms. The number of nitrogens with two attached hydrogens (primary N) is 1. The fraction of sp³-hybridized carbons (Fsp3) is 0.917. The van der Waals surface area contributed by atoms with Crippen LogP contribution in [-0.4, -0.2) is 35.2 Å². The van der Waals surface area contributed by atoms with Crippen LogP contribution < -0.4 is 5.73 Å². The van der Waals surface area contributed by atoms with E-state index in [0.717, 1.165) is 19.4 Å². The smallest absolute Gasteiger partial charge is 0.410 e. The molecule has 4 nitrogen and oxygen atoms in total. The fourth-order valence-corrected chi connectivity index (χ4v) is 2.78. The van der Waals surface area contributed by atoms with E-state index in [-0.39, 0.29) is 18.2 Å². The van der Waals surface area contributed by atoms with E-state index in [4.69, 9.17) is 10.5 Å². The van der Waals surface area contributed by atoms with Gasteiger partial charge in [0, 0.05) is 12.6 Å². The maximum atomic E-state index is 12.0. The van der Waals surface area contributed by atoms with E-state index >= 15 is 0 Å². The topological polar surface area (TPSA) is 55.6 Å². The molecule has 2 bridgehead atoms. The summed E-state index contributed by atoms with van der Waals surface area (Å²) in [5, 5.41) is 0. The first-order valence-corrected chi connectivity index (χ1v) is 6.12. The molecular formula is C12H22N2O2. The van der Waals surface area contributed by atoms with Crippen molar-refractivity contribution in [3.63, 3.8) is 0 Å². The molecule has 3 rings (SSSR count). The van der Waals surface area contributed by atoms with E-state index in [1.165, 1.54) is 6.42 Å². The highest BCUT2D eigenvalue weighted by Gasteiger charge is 2.42. The van der Waals surface area contributed by atoms with Crippen molar-refractivity contribution in [2.75, 3.05) is 6.54 Å². The van der Waals surface area contributed by atoms with Crippen LogP contribution in [0.1, 0.15) is 40.0 Å². The van der Waals surface area contributed by atoms with Gasteiger partial charge in [0.15, 0.2) is 0 Å². The van der Waals surface area contributed by atoms with Crippen molar-refractivity contribution in [2.45, 2.75) is 57.7 Å². The Labute approximate surface area is 97.1 Å². The molecule has 3 fully saturated rings. The summed E-state index contributed by atoms with van der Waals surface area (Å²) in [6, 6.07) is 0.333. The number of amides is 1. The Morgan fingerprint density at radius 3 is 2.56 bits per heavy atom. The Hall–Kier alpha value is -0.770. The molecule has 1 saturated carbocycles. The molecule has 1 amide bonds. The van der Waals surface area contributed by atoms with Gasteiger partial charge in [-0.05, 0) is 46.0 Å². The average Bonchev–Trinajstić information content (AvgIpc) is 2.15. The normalized spacial score (nSPS) is 34.0. The number of fused-ring (bicyclic) bond motifs is 3. The fourth-order valence-electron chi connectivity index (χ4n) is 2.78. The van der Waals surface area contributed by atoms with Crippen LogP contribution in [-0.2, 0) is 4.74 Å². The highest BCUT2D eigenvalue weighted by molar-refractivity contribution is 5.69. The summed E-state index contributed by atoms with van der Waals surface area (Å²) in [4.78, 5) is 13.8. The summed E-state index contributed by atoms with van der Waals surface area (Å²) in [7, 11) is 0. The van der Waals surface area contributed by atoms with Crippen LogP contribution in [0.3, 0.4) is 0 Å². The number of carbonyl (C=O) groups excluding carboxylic acids is 1. The van der Waals surface area contributed by atoms with Gasteiger partial charge in [0.25, 0.3) is 0 Å². The quantitative estimate of drug-likeness (QED) is 0.684. The predicted molar refractivity (Wildman–Crippen MR) is 62.0 cm³/mol. The molecule has 0 aromatic heterocycles. The number of hydrogen-bond donors (Lipinski definition) is 1. The Bertz CT molecular complexity index is 285. The molecule has 0 spiro atoms. The van der Waals surface area contributed by atoms with Gasteiger partial charge < -0.3 is 15.4 Å². The molecule has 2 unspecified atom stereocenters. The lowest BCUT2D eigenvalue weighted by Crippen LogP contribution is -2.61. The maximum absolute atomic E-state index is 12.0. The van der Waals surface area contributed by atoms with Gasteiger partial charge in [-0.1, -0.05) is 0 Å². The molecule has 1 aliphatic carbocycles. The first-order valence-electron chi connectivity index (χ1n) is 6.12. The van der Waals surface area contributed by atoms with Crippen molar-refractivity contribution in [1.82, 2.24) is 4.90 Å². The van der Waals surface area contributed by atoms with Gasteiger partial charge in [-0.2, -0.15) is 0 Å². The molecule has 16 heavy (non-hydrogen) atoms. The minimum atomic E-state index is -0.419. The second-order valence-corrected chi connectivity index (χ2v) is 6.04. The van der Waals surface area contributed by atoms with Crippen molar-refractivity contribution in [2.24, 2.45) is 11.7 Å². The third kappa shape index (κ3) is 2.32. The Morgan fingerprint density at radius 2 is 2.06 bits per heavy atom. The molecule has 2 heterocycles. The second-order valence-electron chi connectivity index (χ2n) is 6.04. The van der Waals surface area contributed by atoms with Gasteiger partial charge in [0.05, 0.1) is 6.04 Å². The molecular weight excluding hydrogens is 204 g/mol. The number of hydrogen-bond acceptors (Lipinski definition) is 3. The zero-order chi connectivity index (χ0) is 11.9. The van der Waals surface area contributed by atoms with E-state index in [2.05, 4.69) is 0 Å². The number of piperidine rings is 2. The minimum absolute atomic E-state index is 0.139. The molecule has 0 radical (unpaired) electrons. The molecule has 3 atom stereocenters. The Kier molecular flexibility index (Phi) is 2.86. The maximum Gasteiger partial charge on any atom is 0.410 e. The van der Waals surface area contributed by atoms with Crippen molar-refractivity contribution in [3.8, 4) is 0 Å². The number of carbonyl (C=O) groups is 1. The molecule has 3 aliphatic rings. The lowest BCUT2D eigenvalue weighted by Gasteiger charge is -2.48. The van der Waals surface area contributed by atoms with Gasteiger partial charge in [-0.15, -0.1) is 0 Å². The second kappa shape index (κ2) is 3.91. The number of rotatable bonds is 0. The Morgan fingerprint density at radius 1 is 1.38 bits per heavy atom. The number of ether oxygens (including phenoxy) is 1. The van der Waals surface area contributed by atoms with Gasteiger partial charge >= 0.3 is 6.09 Å². The first kappa shape index (κ1) is 11.7. The molecule has 2 saturated heterocycles.